The average Bonchev–Trinajstić information content (AvgIpc) is 2.86. The number of benzene rings is 2. The maximum Gasteiger partial charge on any atom is 0.316 e. The van der Waals surface area contributed by atoms with Gasteiger partial charge in [0.1, 0.15) is 36.9 Å². The quantitative estimate of drug-likeness (QED) is 0.328. The fourth-order valence-corrected chi connectivity index (χ4v) is 3.47. The summed E-state index contributed by atoms with van der Waals surface area (Å²) in [5.74, 6) is 1.73. The van der Waals surface area contributed by atoms with Crippen LogP contribution >= 0.6 is 11.6 Å². The Kier molecular flexibility index (Phi) is 7.79. The number of nitrogens with zero attached hydrogens (tertiary/aromatic N) is 4. The van der Waals surface area contributed by atoms with Crippen molar-refractivity contribution in [3.8, 4) is 11.5 Å². The molecule has 0 saturated carbocycles. The van der Waals surface area contributed by atoms with Crippen molar-refractivity contribution >= 4 is 40.0 Å². The molecular formula is C25H25ClN6O3. The van der Waals surface area contributed by atoms with E-state index >= 15 is 0 Å². The molecule has 2 amide bonds. The van der Waals surface area contributed by atoms with E-state index in [1.165, 1.54) is 11.2 Å². The third-order valence-corrected chi connectivity index (χ3v) is 5.26. The van der Waals surface area contributed by atoms with Crippen molar-refractivity contribution in [1.82, 2.24) is 25.2 Å². The van der Waals surface area contributed by atoms with Crippen LogP contribution in [0.5, 0.6) is 11.5 Å². The minimum absolute atomic E-state index is 0.179. The Bertz CT molecular complexity index is 1300. The number of pyridine rings is 1. The second-order valence-electron chi connectivity index (χ2n) is 7.73. The van der Waals surface area contributed by atoms with Crippen molar-refractivity contribution in [2.45, 2.75) is 6.61 Å². The van der Waals surface area contributed by atoms with Crippen LogP contribution in [0.3, 0.4) is 0 Å². The number of ether oxygens (including phenoxy) is 2. The molecule has 2 heterocycles. The van der Waals surface area contributed by atoms with Crippen LogP contribution in [0.25, 0.3) is 10.9 Å². The van der Waals surface area contributed by atoms with Crippen LogP contribution in [0.15, 0.2) is 67.1 Å². The number of aromatic nitrogens is 3. The predicted molar refractivity (Wildman–Crippen MR) is 135 cm³/mol. The highest BCUT2D eigenvalue weighted by Crippen LogP contribution is 2.34. The first-order chi connectivity index (χ1) is 17.0. The van der Waals surface area contributed by atoms with Gasteiger partial charge in [0.15, 0.2) is 0 Å². The molecule has 0 radical (unpaired) electrons. The molecule has 0 fully saturated rings. The second-order valence-corrected chi connectivity index (χ2v) is 8.13. The summed E-state index contributed by atoms with van der Waals surface area (Å²) in [6.45, 7) is 0.972. The molecule has 0 atom stereocenters. The van der Waals surface area contributed by atoms with E-state index in [0.29, 0.717) is 42.1 Å². The van der Waals surface area contributed by atoms with Crippen molar-refractivity contribution in [3.05, 3.63) is 77.8 Å². The predicted octanol–water partition coefficient (Wildman–Crippen LogP) is 4.65. The molecular weight excluding hydrogens is 468 g/mol. The van der Waals surface area contributed by atoms with Crippen LogP contribution < -0.4 is 20.1 Å². The highest BCUT2D eigenvalue weighted by atomic mass is 35.5. The zero-order chi connectivity index (χ0) is 24.6. The van der Waals surface area contributed by atoms with Crippen LogP contribution in [0, 0.1) is 0 Å². The van der Waals surface area contributed by atoms with Crippen LogP contribution in [0.1, 0.15) is 5.69 Å². The Balaban J connectivity index is 1.47. The standard InChI is InChI=1S/C25H25ClN6O3/c1-32(2)25(33)28-12-13-34-22-8-5-7-20-23(22)24(30-16-29-20)31-17-9-10-21(19(26)14-17)35-15-18-6-3-4-11-27-18/h3-11,14,16H,12-13,15H2,1-2H3,(H,28,33)(H,29,30,31). The number of rotatable bonds is 9. The lowest BCUT2D eigenvalue weighted by Gasteiger charge is -2.15. The van der Waals surface area contributed by atoms with Gasteiger partial charge in [-0.15, -0.1) is 0 Å². The molecule has 35 heavy (non-hydrogen) atoms. The number of amides is 2. The normalized spacial score (nSPS) is 10.6. The first-order valence-electron chi connectivity index (χ1n) is 10.9. The molecule has 4 aromatic rings. The molecule has 0 spiro atoms. The highest BCUT2D eigenvalue weighted by Gasteiger charge is 2.12. The van der Waals surface area contributed by atoms with Gasteiger partial charge in [0, 0.05) is 26.0 Å². The second kappa shape index (κ2) is 11.3. The van der Waals surface area contributed by atoms with Gasteiger partial charge in [0.25, 0.3) is 0 Å². The van der Waals surface area contributed by atoms with Gasteiger partial charge in [0.05, 0.1) is 28.2 Å². The monoisotopic (exact) mass is 492 g/mol. The maximum absolute atomic E-state index is 11.7. The third-order valence-electron chi connectivity index (χ3n) is 4.96. The summed E-state index contributed by atoms with van der Waals surface area (Å²) < 4.78 is 11.7. The van der Waals surface area contributed by atoms with E-state index < -0.39 is 0 Å². The number of halogens is 1. The van der Waals surface area contributed by atoms with E-state index in [-0.39, 0.29) is 6.03 Å². The Morgan fingerprint density at radius 1 is 1.00 bits per heavy atom. The molecule has 0 unspecified atom stereocenters. The molecule has 0 aliphatic carbocycles. The summed E-state index contributed by atoms with van der Waals surface area (Å²) in [7, 11) is 3.36. The van der Waals surface area contributed by atoms with Crippen LogP contribution in [-0.4, -0.2) is 53.1 Å². The van der Waals surface area contributed by atoms with Crippen molar-refractivity contribution in [2.24, 2.45) is 0 Å². The minimum atomic E-state index is -0.179. The molecule has 0 saturated heterocycles. The number of hydrogen-bond donors (Lipinski definition) is 2. The van der Waals surface area contributed by atoms with Crippen LogP contribution in [0.2, 0.25) is 5.02 Å². The Morgan fingerprint density at radius 2 is 1.89 bits per heavy atom. The molecule has 0 bridgehead atoms. The summed E-state index contributed by atoms with van der Waals surface area (Å²) in [5, 5.41) is 7.24. The number of carbonyl (C=O) groups excluding carboxylic acids is 1. The van der Waals surface area contributed by atoms with E-state index in [0.717, 1.165) is 22.3 Å². The third kappa shape index (κ3) is 6.27. The number of nitrogens with one attached hydrogen (secondary N) is 2. The van der Waals surface area contributed by atoms with Gasteiger partial charge >= 0.3 is 6.03 Å². The van der Waals surface area contributed by atoms with Crippen molar-refractivity contribution in [3.63, 3.8) is 0 Å². The lowest BCUT2D eigenvalue weighted by Crippen LogP contribution is -2.36. The van der Waals surface area contributed by atoms with E-state index in [9.17, 15) is 4.79 Å². The summed E-state index contributed by atoms with van der Waals surface area (Å²) in [6, 6.07) is 16.5. The Morgan fingerprint density at radius 3 is 2.66 bits per heavy atom. The highest BCUT2D eigenvalue weighted by molar-refractivity contribution is 6.32. The van der Waals surface area contributed by atoms with Crippen molar-refractivity contribution in [1.29, 1.82) is 0 Å². The van der Waals surface area contributed by atoms with E-state index in [1.807, 2.05) is 42.5 Å². The molecule has 0 aliphatic heterocycles. The zero-order valence-electron chi connectivity index (χ0n) is 19.4. The van der Waals surface area contributed by atoms with Crippen molar-refractivity contribution < 1.29 is 14.3 Å². The fourth-order valence-electron chi connectivity index (χ4n) is 3.24. The number of fused-ring (bicyclic) bond motifs is 1. The maximum atomic E-state index is 11.7. The first-order valence-corrected chi connectivity index (χ1v) is 11.3. The van der Waals surface area contributed by atoms with E-state index in [4.69, 9.17) is 21.1 Å². The number of carbonyl (C=O) groups is 1. The average molecular weight is 493 g/mol. The SMILES string of the molecule is CN(C)C(=O)NCCOc1cccc2ncnc(Nc3ccc(OCc4ccccn4)c(Cl)c3)c12. The number of urea groups is 1. The van der Waals surface area contributed by atoms with Crippen LogP contribution in [-0.2, 0) is 6.61 Å². The molecule has 180 valence electrons. The largest absolute Gasteiger partial charge is 0.491 e. The first kappa shape index (κ1) is 24.0. The molecule has 2 aromatic carbocycles. The lowest BCUT2D eigenvalue weighted by molar-refractivity contribution is 0.214. The van der Waals surface area contributed by atoms with Gasteiger partial charge in [-0.05, 0) is 42.5 Å². The van der Waals surface area contributed by atoms with Gasteiger partial charge in [0.2, 0.25) is 0 Å². The van der Waals surface area contributed by atoms with E-state index in [1.54, 1.807) is 32.4 Å². The molecule has 4 rings (SSSR count). The molecule has 9 nitrogen and oxygen atoms in total. The summed E-state index contributed by atoms with van der Waals surface area (Å²) >= 11 is 6.46. The summed E-state index contributed by atoms with van der Waals surface area (Å²) in [5.41, 5.74) is 2.26. The number of anilines is 2. The number of hydrogen-bond acceptors (Lipinski definition) is 7. The summed E-state index contributed by atoms with van der Waals surface area (Å²) in [4.78, 5) is 26.2. The van der Waals surface area contributed by atoms with Crippen molar-refractivity contribution in [2.75, 3.05) is 32.6 Å². The molecule has 10 heteroatoms. The van der Waals surface area contributed by atoms with E-state index in [2.05, 4.69) is 25.6 Å². The molecule has 2 N–H and O–H groups in total. The topological polar surface area (TPSA) is 102 Å². The minimum Gasteiger partial charge on any atom is -0.491 e. The summed E-state index contributed by atoms with van der Waals surface area (Å²) in [6.07, 6.45) is 3.20. The Hall–Kier alpha value is -4.11. The smallest absolute Gasteiger partial charge is 0.316 e. The molecule has 2 aromatic heterocycles. The van der Waals surface area contributed by atoms with Gasteiger partial charge in [-0.3, -0.25) is 4.98 Å². The van der Waals surface area contributed by atoms with Gasteiger partial charge < -0.3 is 25.0 Å². The lowest BCUT2D eigenvalue weighted by atomic mass is 10.2. The van der Waals surface area contributed by atoms with Gasteiger partial charge in [-0.1, -0.05) is 23.7 Å². The van der Waals surface area contributed by atoms with Crippen LogP contribution in [0.4, 0.5) is 16.3 Å². The zero-order valence-corrected chi connectivity index (χ0v) is 20.1. The fraction of sp³-hybridized carbons (Fsp3) is 0.200. The van der Waals surface area contributed by atoms with Gasteiger partial charge in [-0.25, -0.2) is 14.8 Å². The molecule has 0 aliphatic rings. The Labute approximate surface area is 208 Å². The van der Waals surface area contributed by atoms with Gasteiger partial charge in [-0.2, -0.15) is 0 Å².